The largest absolute Gasteiger partial charge is 0.418 e. The average molecular weight is 575 g/mol. The number of hydrogen-bond acceptors (Lipinski definition) is 4. The van der Waals surface area contributed by atoms with E-state index in [1.54, 1.807) is 23.4 Å². The van der Waals surface area contributed by atoms with Crippen LogP contribution in [0.5, 0.6) is 0 Å². The molecule has 0 N–H and O–H groups in total. The van der Waals surface area contributed by atoms with Gasteiger partial charge in [-0.2, -0.15) is 13.2 Å². The molecule has 3 aromatic heterocycles. The first-order valence-electron chi connectivity index (χ1n) is 13.8. The van der Waals surface area contributed by atoms with Gasteiger partial charge in [0.05, 0.1) is 16.8 Å². The molecule has 2 aliphatic rings. The number of aryl methyl sites for hydroxylation is 1. The summed E-state index contributed by atoms with van der Waals surface area (Å²) in [7, 11) is 1.88. The highest BCUT2D eigenvalue weighted by molar-refractivity contribution is 5.58. The first-order chi connectivity index (χ1) is 19.4. The van der Waals surface area contributed by atoms with Gasteiger partial charge in [-0.25, -0.2) is 13.6 Å². The van der Waals surface area contributed by atoms with Gasteiger partial charge in [0.1, 0.15) is 12.2 Å². The molecule has 12 heteroatoms. The minimum Gasteiger partial charge on any atom is -0.320 e. The molecular formula is C29H31F5N6O. The second-order valence-electron chi connectivity index (χ2n) is 11.5. The van der Waals surface area contributed by atoms with E-state index in [0.717, 1.165) is 41.1 Å². The fourth-order valence-electron chi connectivity index (χ4n) is 6.16. The van der Waals surface area contributed by atoms with Crippen molar-refractivity contribution in [1.29, 1.82) is 0 Å². The Morgan fingerprint density at radius 1 is 1.15 bits per heavy atom. The number of fused-ring (bicyclic) bond motifs is 1. The van der Waals surface area contributed by atoms with Gasteiger partial charge in [0.2, 0.25) is 0 Å². The standard InChI is InChI=1S/C29H31F5N6O/c1-18-13-38(10-9-28(18,30)31)14-19-11-23(29(32,33)34)24-16-39(27(41)40(24)15-19)22-8-4-7-21(12-22)25(20-5-3-6-20)26-36-35-17-37(26)2/h4,7-8,11-12,15-18,20,25H,3,5-6,9-10,13-14H2,1-2H3/t18-,25+/m1/s1. The molecule has 0 unspecified atom stereocenters. The number of likely N-dealkylation sites (tertiary alicyclic amines) is 1. The van der Waals surface area contributed by atoms with Crippen LogP contribution in [0.4, 0.5) is 22.0 Å². The smallest absolute Gasteiger partial charge is 0.320 e. The van der Waals surface area contributed by atoms with E-state index < -0.39 is 29.3 Å². The van der Waals surface area contributed by atoms with Crippen molar-refractivity contribution in [1.82, 2.24) is 28.6 Å². The second kappa shape index (κ2) is 10.1. The Bertz CT molecular complexity index is 1630. The molecule has 4 heterocycles. The highest BCUT2D eigenvalue weighted by Gasteiger charge is 2.41. The van der Waals surface area contributed by atoms with Crippen LogP contribution >= 0.6 is 0 Å². The lowest BCUT2D eigenvalue weighted by Gasteiger charge is -2.36. The number of imidazole rings is 1. The van der Waals surface area contributed by atoms with E-state index in [-0.39, 0.29) is 43.1 Å². The molecule has 1 saturated carbocycles. The van der Waals surface area contributed by atoms with Gasteiger partial charge in [-0.15, -0.1) is 10.2 Å². The van der Waals surface area contributed by atoms with Gasteiger partial charge in [0.15, 0.2) is 0 Å². The molecule has 1 aliphatic heterocycles. The van der Waals surface area contributed by atoms with Crippen molar-refractivity contribution in [2.45, 2.75) is 57.2 Å². The molecule has 7 nitrogen and oxygen atoms in total. The molecule has 41 heavy (non-hydrogen) atoms. The van der Waals surface area contributed by atoms with E-state index in [9.17, 15) is 26.7 Å². The zero-order chi connectivity index (χ0) is 29.1. The first kappa shape index (κ1) is 27.6. The molecule has 2 atom stereocenters. The number of aromatic nitrogens is 5. The lowest BCUT2D eigenvalue weighted by molar-refractivity contribution is -0.136. The summed E-state index contributed by atoms with van der Waals surface area (Å²) in [5.41, 5.74) is -0.240. The van der Waals surface area contributed by atoms with Crippen molar-refractivity contribution in [2.75, 3.05) is 13.1 Å². The molecule has 0 amide bonds. The van der Waals surface area contributed by atoms with Gasteiger partial charge in [0, 0.05) is 57.3 Å². The third-order valence-corrected chi connectivity index (χ3v) is 8.70. The highest BCUT2D eigenvalue weighted by atomic mass is 19.4. The molecule has 1 aromatic carbocycles. The summed E-state index contributed by atoms with van der Waals surface area (Å²) >= 11 is 0. The Balaban J connectivity index is 1.40. The van der Waals surface area contributed by atoms with Crippen LogP contribution in [0.15, 0.2) is 53.8 Å². The number of pyridine rings is 1. The van der Waals surface area contributed by atoms with Gasteiger partial charge < -0.3 is 4.57 Å². The molecule has 0 radical (unpaired) electrons. The Hall–Kier alpha value is -3.54. The van der Waals surface area contributed by atoms with Crippen LogP contribution in [0, 0.1) is 11.8 Å². The molecule has 4 aromatic rings. The molecule has 0 bridgehead atoms. The predicted octanol–water partition coefficient (Wildman–Crippen LogP) is 5.65. The fraction of sp³-hybridized carbons (Fsp3) is 0.483. The fourth-order valence-corrected chi connectivity index (χ4v) is 6.16. The van der Waals surface area contributed by atoms with Gasteiger partial charge in [0.25, 0.3) is 5.92 Å². The Morgan fingerprint density at radius 2 is 1.93 bits per heavy atom. The van der Waals surface area contributed by atoms with Crippen molar-refractivity contribution in [3.8, 4) is 5.69 Å². The number of piperidine rings is 1. The summed E-state index contributed by atoms with van der Waals surface area (Å²) in [6.07, 6.45) is 2.36. The van der Waals surface area contributed by atoms with E-state index in [1.165, 1.54) is 23.9 Å². The van der Waals surface area contributed by atoms with Crippen LogP contribution in [-0.4, -0.2) is 47.6 Å². The van der Waals surface area contributed by atoms with Crippen LogP contribution in [0.25, 0.3) is 11.2 Å². The number of halogens is 5. The molecule has 218 valence electrons. The van der Waals surface area contributed by atoms with Gasteiger partial charge in [-0.05, 0) is 48.1 Å². The van der Waals surface area contributed by atoms with Crippen LogP contribution in [0.1, 0.15) is 61.0 Å². The summed E-state index contributed by atoms with van der Waals surface area (Å²) in [5.74, 6) is -2.61. The molecular weight excluding hydrogens is 543 g/mol. The molecule has 1 saturated heterocycles. The van der Waals surface area contributed by atoms with Gasteiger partial charge in [-0.1, -0.05) is 25.5 Å². The lowest BCUT2D eigenvalue weighted by atomic mass is 9.72. The normalized spacial score (nSPS) is 20.8. The van der Waals surface area contributed by atoms with E-state index in [1.807, 2.05) is 23.7 Å². The zero-order valence-electron chi connectivity index (χ0n) is 22.8. The van der Waals surface area contributed by atoms with E-state index in [2.05, 4.69) is 10.2 Å². The minimum atomic E-state index is -4.72. The van der Waals surface area contributed by atoms with Crippen molar-refractivity contribution in [3.05, 3.63) is 82.1 Å². The summed E-state index contributed by atoms with van der Waals surface area (Å²) in [5, 5.41) is 8.36. The summed E-state index contributed by atoms with van der Waals surface area (Å²) in [4.78, 5) is 15.3. The second-order valence-corrected chi connectivity index (χ2v) is 11.5. The summed E-state index contributed by atoms with van der Waals surface area (Å²) < 4.78 is 74.7. The third kappa shape index (κ3) is 5.06. The number of rotatable bonds is 6. The Morgan fingerprint density at radius 3 is 2.56 bits per heavy atom. The van der Waals surface area contributed by atoms with Crippen molar-refractivity contribution in [3.63, 3.8) is 0 Å². The highest BCUT2D eigenvalue weighted by Crippen LogP contribution is 2.43. The molecule has 0 spiro atoms. The van der Waals surface area contributed by atoms with Crippen molar-refractivity contribution >= 4 is 5.52 Å². The molecule has 2 fully saturated rings. The van der Waals surface area contributed by atoms with E-state index in [0.29, 0.717) is 11.6 Å². The third-order valence-electron chi connectivity index (χ3n) is 8.70. The van der Waals surface area contributed by atoms with Gasteiger partial charge in [-0.3, -0.25) is 13.9 Å². The average Bonchev–Trinajstić information content (AvgIpc) is 3.45. The van der Waals surface area contributed by atoms with Crippen LogP contribution in [0.2, 0.25) is 0 Å². The van der Waals surface area contributed by atoms with Crippen molar-refractivity contribution in [2.24, 2.45) is 18.9 Å². The maximum Gasteiger partial charge on any atom is 0.418 e. The predicted molar refractivity (Wildman–Crippen MR) is 142 cm³/mol. The van der Waals surface area contributed by atoms with Crippen LogP contribution in [0.3, 0.4) is 0 Å². The Kier molecular flexibility index (Phi) is 6.79. The van der Waals surface area contributed by atoms with E-state index in [4.69, 9.17) is 0 Å². The topological polar surface area (TPSA) is 60.4 Å². The monoisotopic (exact) mass is 574 g/mol. The maximum atomic E-state index is 14.2. The number of alkyl halides is 5. The number of hydrogen-bond donors (Lipinski definition) is 0. The SMILES string of the molecule is C[C@@H]1CN(Cc2cc(C(F)(F)F)c3cn(-c4cccc([C@@H](c5nncn5C)C5CCC5)c4)c(=O)n3c2)CCC1(F)F. The number of nitrogens with zero attached hydrogens (tertiary/aromatic N) is 6. The molecule has 6 rings (SSSR count). The summed E-state index contributed by atoms with van der Waals surface area (Å²) in [6, 6.07) is 8.30. The zero-order valence-corrected chi connectivity index (χ0v) is 22.8. The first-order valence-corrected chi connectivity index (χ1v) is 13.8. The minimum absolute atomic E-state index is 0.0350. The summed E-state index contributed by atoms with van der Waals surface area (Å²) in [6.45, 7) is 1.60. The van der Waals surface area contributed by atoms with Crippen LogP contribution in [-0.2, 0) is 19.8 Å². The van der Waals surface area contributed by atoms with E-state index >= 15 is 0 Å². The molecule has 1 aliphatic carbocycles. The lowest BCUT2D eigenvalue weighted by Crippen LogP contribution is -2.45. The Labute approximate surface area is 233 Å². The van der Waals surface area contributed by atoms with Crippen LogP contribution < -0.4 is 5.69 Å². The van der Waals surface area contributed by atoms with Gasteiger partial charge >= 0.3 is 11.9 Å². The number of benzene rings is 1. The quantitative estimate of drug-likeness (QED) is 0.280. The maximum absolute atomic E-state index is 14.2. The van der Waals surface area contributed by atoms with Crippen molar-refractivity contribution < 1.29 is 22.0 Å².